The van der Waals surface area contributed by atoms with Crippen molar-refractivity contribution in [2.24, 2.45) is 0 Å². The van der Waals surface area contributed by atoms with E-state index in [1.807, 2.05) is 17.8 Å². The van der Waals surface area contributed by atoms with Gasteiger partial charge in [0.2, 0.25) is 0 Å². The van der Waals surface area contributed by atoms with E-state index in [0.29, 0.717) is 61.4 Å². The zero-order valence-corrected chi connectivity index (χ0v) is 19.4. The van der Waals surface area contributed by atoms with Crippen molar-refractivity contribution in [3.05, 3.63) is 24.3 Å². The number of pyridine rings is 1. The molecule has 0 radical (unpaired) electrons. The maximum Gasteiger partial charge on any atom is 0.151 e. The largest absolute Gasteiger partial charge is 0.393 e. The Labute approximate surface area is 209 Å². The number of aliphatic hydroxyl groups is 1. The van der Waals surface area contributed by atoms with E-state index in [9.17, 15) is 5.11 Å². The third kappa shape index (κ3) is 4.46. The Bertz CT molecular complexity index is 1340. The van der Waals surface area contributed by atoms with Gasteiger partial charge in [0.05, 0.1) is 24.0 Å². The van der Waals surface area contributed by atoms with E-state index >= 15 is 0 Å². The van der Waals surface area contributed by atoms with Crippen LogP contribution >= 0.6 is 0 Å². The number of anilines is 2. The topological polar surface area (TPSA) is 118 Å². The van der Waals surface area contributed by atoms with Crippen molar-refractivity contribution in [3.8, 4) is 11.1 Å². The Hall–Kier alpha value is -2.78. The molecule has 5 rings (SSSR count). The average Bonchev–Trinajstić information content (AvgIpc) is 3.52. The Kier molecular flexibility index (Phi) is 4.67. The van der Waals surface area contributed by atoms with Crippen LogP contribution < -0.4 is 11.1 Å². The van der Waals surface area contributed by atoms with Crippen molar-refractivity contribution >= 4 is 22.7 Å². The highest BCUT2D eigenvalue weighted by atomic mass is 16.3. The summed E-state index contributed by atoms with van der Waals surface area (Å²) in [5.41, 5.74) is 9.66. The number of aliphatic hydroxyl groups excluding tert-OH is 1. The molecule has 4 N–H and O–H groups in total. The summed E-state index contributed by atoms with van der Waals surface area (Å²) in [6.45, 7) is -2.48. The van der Waals surface area contributed by atoms with Crippen molar-refractivity contribution in [2.45, 2.75) is 83.4 Å². The molecule has 34 heavy (non-hydrogen) atoms. The maximum absolute atomic E-state index is 9.96. The lowest BCUT2D eigenvalue weighted by atomic mass is 10.0. The third-order valence-electron chi connectivity index (χ3n) is 7.03. The van der Waals surface area contributed by atoms with E-state index in [2.05, 4.69) is 15.4 Å². The number of piperidine rings is 1. The lowest BCUT2D eigenvalue weighted by molar-refractivity contribution is 0.147. The van der Waals surface area contributed by atoms with Crippen molar-refractivity contribution in [1.82, 2.24) is 29.6 Å². The molecular weight excluding hydrogens is 428 g/mol. The summed E-state index contributed by atoms with van der Waals surface area (Å²) >= 11 is 0. The molecule has 0 unspecified atom stereocenters. The number of aryl methyl sites for hydroxylation is 1. The van der Waals surface area contributed by atoms with Gasteiger partial charge in [-0.05, 0) is 52.2 Å². The molecule has 2 fully saturated rings. The molecule has 0 spiro atoms. The van der Waals surface area contributed by atoms with E-state index in [0.717, 1.165) is 29.7 Å². The molecule has 0 amide bonds. The lowest BCUT2D eigenvalue weighted by Gasteiger charge is -2.34. The summed E-state index contributed by atoms with van der Waals surface area (Å²) in [6, 6.07) is -1.36. The Morgan fingerprint density at radius 2 is 2.00 bits per heavy atom. The molecule has 3 aromatic rings. The van der Waals surface area contributed by atoms with Gasteiger partial charge in [-0.25, -0.2) is 15.0 Å². The molecule has 9 heteroatoms. The van der Waals surface area contributed by atoms with Crippen LogP contribution in [-0.4, -0.2) is 66.0 Å². The van der Waals surface area contributed by atoms with Crippen molar-refractivity contribution in [2.75, 3.05) is 24.1 Å². The van der Waals surface area contributed by atoms with Crippen molar-refractivity contribution in [3.63, 3.8) is 0 Å². The SMILES string of the molecule is [2H]C([2H])([2H])C(N1CCC(n2cc(-c3cnc(N)c4nc(CC)c(N[C@@H]5CC[C@H](O)C5)nc34)cn2)CC1)C([2H])([2H])[2H]. The first kappa shape index (κ1) is 16.8. The lowest BCUT2D eigenvalue weighted by Crippen LogP contribution is -2.39. The Morgan fingerprint density at radius 3 is 2.71 bits per heavy atom. The van der Waals surface area contributed by atoms with Crippen LogP contribution in [0, 0.1) is 0 Å². The number of fused-ring (bicyclic) bond motifs is 1. The van der Waals surface area contributed by atoms with Crippen LogP contribution in [0.4, 0.5) is 11.6 Å². The molecule has 0 aromatic carbocycles. The number of likely N-dealkylation sites (tertiary alicyclic amines) is 1. The zero-order valence-electron chi connectivity index (χ0n) is 25.4. The predicted molar refractivity (Wildman–Crippen MR) is 135 cm³/mol. The molecule has 182 valence electrons. The van der Waals surface area contributed by atoms with Crippen LogP contribution in [0.5, 0.6) is 0 Å². The van der Waals surface area contributed by atoms with Crippen LogP contribution in [0.15, 0.2) is 18.6 Å². The van der Waals surface area contributed by atoms with Gasteiger partial charge < -0.3 is 21.1 Å². The highest BCUT2D eigenvalue weighted by Gasteiger charge is 2.26. The second-order valence-corrected chi connectivity index (χ2v) is 9.31. The normalized spacial score (nSPS) is 25.5. The van der Waals surface area contributed by atoms with Gasteiger partial charge in [-0.2, -0.15) is 5.10 Å². The smallest absolute Gasteiger partial charge is 0.151 e. The number of rotatable bonds is 6. The number of nitrogens with zero attached hydrogens (tertiary/aromatic N) is 6. The number of hydrogen-bond acceptors (Lipinski definition) is 8. The summed E-state index contributed by atoms with van der Waals surface area (Å²) in [5, 5.41) is 18.0. The Balaban J connectivity index is 1.39. The monoisotopic (exact) mass is 470 g/mol. The number of hydrogen-bond donors (Lipinski definition) is 3. The zero-order chi connectivity index (χ0) is 28.8. The van der Waals surface area contributed by atoms with Gasteiger partial charge in [-0.15, -0.1) is 0 Å². The standard InChI is InChI=1S/C25H36N8O/c1-4-21-25(29-17-5-6-19(34)11-17)31-22-20(13-27-24(26)23(22)30-21)16-12-28-33(14-16)18-7-9-32(10-8-18)15(2)3/h12-15,17-19,34H,4-11H2,1-3H3,(H2,26,27)(H,29,31)/t17-,19+/m1/s1/i2D3,3D3. The van der Waals surface area contributed by atoms with Crippen LogP contribution in [0.2, 0.25) is 0 Å². The predicted octanol–water partition coefficient (Wildman–Crippen LogP) is 3.40. The molecular formula is C25H36N8O. The molecule has 1 saturated heterocycles. The van der Waals surface area contributed by atoms with Gasteiger partial charge in [0.1, 0.15) is 16.9 Å². The first-order valence-electron chi connectivity index (χ1n) is 15.0. The van der Waals surface area contributed by atoms with Gasteiger partial charge in [-0.3, -0.25) is 4.68 Å². The number of aromatic nitrogens is 5. The summed E-state index contributed by atoms with van der Waals surface area (Å²) in [6.07, 6.45) is 9.10. The van der Waals surface area contributed by atoms with Gasteiger partial charge in [0.25, 0.3) is 0 Å². The second-order valence-electron chi connectivity index (χ2n) is 9.31. The van der Waals surface area contributed by atoms with Crippen LogP contribution in [0.1, 0.15) is 72.7 Å². The molecule has 2 aliphatic rings. The molecule has 1 aliphatic carbocycles. The average molecular weight is 471 g/mol. The van der Waals surface area contributed by atoms with Crippen LogP contribution in [-0.2, 0) is 6.42 Å². The van der Waals surface area contributed by atoms with E-state index in [1.54, 1.807) is 17.3 Å². The maximum atomic E-state index is 9.96. The highest BCUT2D eigenvalue weighted by Crippen LogP contribution is 2.33. The van der Waals surface area contributed by atoms with Crippen molar-refractivity contribution in [1.29, 1.82) is 0 Å². The molecule has 0 bridgehead atoms. The molecule has 4 heterocycles. The second kappa shape index (κ2) is 9.46. The summed E-state index contributed by atoms with van der Waals surface area (Å²) in [4.78, 5) is 15.7. The minimum absolute atomic E-state index is 0.00402. The Morgan fingerprint density at radius 1 is 1.18 bits per heavy atom. The summed E-state index contributed by atoms with van der Waals surface area (Å²) in [7, 11) is 0. The molecule has 9 nitrogen and oxygen atoms in total. The van der Waals surface area contributed by atoms with E-state index in [1.165, 1.54) is 0 Å². The first-order chi connectivity index (χ1) is 18.8. The fourth-order valence-corrected chi connectivity index (χ4v) is 5.03. The summed E-state index contributed by atoms with van der Waals surface area (Å²) in [5.74, 6) is 0.973. The molecule has 1 aliphatic heterocycles. The van der Waals surface area contributed by atoms with E-state index in [4.69, 9.17) is 23.9 Å². The molecule has 2 atom stereocenters. The summed E-state index contributed by atoms with van der Waals surface area (Å²) < 4.78 is 48.4. The number of nitrogen functional groups attached to an aromatic ring is 1. The van der Waals surface area contributed by atoms with Gasteiger partial charge in [0.15, 0.2) is 5.82 Å². The van der Waals surface area contributed by atoms with Gasteiger partial charge in [0, 0.05) is 56.9 Å². The fraction of sp³-hybridized carbons (Fsp3) is 0.600. The third-order valence-corrected chi connectivity index (χ3v) is 7.03. The first-order valence-corrected chi connectivity index (χ1v) is 12.0. The van der Waals surface area contributed by atoms with Crippen molar-refractivity contribution < 1.29 is 13.3 Å². The minimum atomic E-state index is -2.59. The minimum Gasteiger partial charge on any atom is -0.393 e. The van der Waals surface area contributed by atoms with Gasteiger partial charge in [-0.1, -0.05) is 6.92 Å². The van der Waals surface area contributed by atoms with E-state index < -0.39 is 19.7 Å². The number of nitrogens with two attached hydrogens (primary N) is 1. The quantitative estimate of drug-likeness (QED) is 0.502. The number of nitrogens with one attached hydrogen (secondary N) is 1. The van der Waals surface area contributed by atoms with Gasteiger partial charge >= 0.3 is 0 Å². The molecule has 3 aromatic heterocycles. The molecule has 1 saturated carbocycles. The van der Waals surface area contributed by atoms with Crippen LogP contribution in [0.25, 0.3) is 22.2 Å². The van der Waals surface area contributed by atoms with E-state index in [-0.39, 0.29) is 18.2 Å². The van der Waals surface area contributed by atoms with Crippen LogP contribution in [0.3, 0.4) is 0 Å². The highest BCUT2D eigenvalue weighted by molar-refractivity contribution is 5.96. The fourth-order valence-electron chi connectivity index (χ4n) is 5.03.